The van der Waals surface area contributed by atoms with E-state index in [4.69, 9.17) is 9.47 Å². The Labute approximate surface area is 183 Å². The van der Waals surface area contributed by atoms with Crippen LogP contribution in [-0.2, 0) is 19.1 Å². The second-order valence-corrected chi connectivity index (χ2v) is 9.79. The van der Waals surface area contributed by atoms with Crippen LogP contribution in [0.5, 0.6) is 0 Å². The number of hydrogen-bond acceptors (Lipinski definition) is 5. The monoisotopic (exact) mass is 428 g/mol. The lowest BCUT2D eigenvalue weighted by atomic mass is 10.0. The lowest BCUT2D eigenvalue weighted by Crippen LogP contribution is -2.53. The first-order valence-corrected chi connectivity index (χ1v) is 11.3. The van der Waals surface area contributed by atoms with Crippen LogP contribution in [0.25, 0.3) is 0 Å². The van der Waals surface area contributed by atoms with Crippen molar-refractivity contribution in [3.63, 3.8) is 0 Å². The molecule has 2 amide bonds. The zero-order valence-electron chi connectivity index (χ0n) is 20.4. The highest BCUT2D eigenvalue weighted by molar-refractivity contribution is 5.89. The van der Waals surface area contributed by atoms with Crippen molar-refractivity contribution in [1.29, 1.82) is 0 Å². The molecule has 0 bridgehead atoms. The van der Waals surface area contributed by atoms with Gasteiger partial charge in [0.1, 0.15) is 23.3 Å². The molecule has 0 aromatic rings. The minimum absolute atomic E-state index is 0.385. The summed E-state index contributed by atoms with van der Waals surface area (Å²) in [5.74, 6) is -0.833. The molecular weight excluding hydrogens is 384 g/mol. The van der Waals surface area contributed by atoms with E-state index in [1.165, 1.54) is 0 Å². The molecule has 2 N–H and O–H groups in total. The summed E-state index contributed by atoms with van der Waals surface area (Å²) >= 11 is 0. The molecule has 0 aliphatic carbocycles. The molecule has 0 aliphatic heterocycles. The molecule has 0 spiro atoms. The van der Waals surface area contributed by atoms with E-state index in [0.29, 0.717) is 12.8 Å². The van der Waals surface area contributed by atoms with Crippen LogP contribution in [-0.4, -0.2) is 41.3 Å². The Hall–Kier alpha value is -1.79. The molecule has 7 heteroatoms. The zero-order chi connectivity index (χ0) is 23.4. The highest BCUT2D eigenvalue weighted by Crippen LogP contribution is 2.14. The largest absolute Gasteiger partial charge is 0.458 e. The number of nitrogens with one attached hydrogen (secondary N) is 2. The molecule has 7 nitrogen and oxygen atoms in total. The van der Waals surface area contributed by atoms with Crippen LogP contribution in [0.3, 0.4) is 0 Å². The summed E-state index contributed by atoms with van der Waals surface area (Å²) in [5.41, 5.74) is -1.30. The average molecular weight is 429 g/mol. The Balaban J connectivity index is 5.25. The SMILES string of the molecule is CCCCCC(NC(=O)OC(C)(C)C)C(=O)NC(CCCCC)C(=O)OC(C)(C)C. The Kier molecular flexibility index (Phi) is 12.7. The van der Waals surface area contributed by atoms with Crippen molar-refractivity contribution >= 4 is 18.0 Å². The summed E-state index contributed by atoms with van der Waals surface area (Å²) in [5, 5.41) is 5.48. The number of esters is 1. The maximum absolute atomic E-state index is 13.0. The molecule has 0 rings (SSSR count). The molecule has 0 aromatic carbocycles. The Bertz CT molecular complexity index is 535. The van der Waals surface area contributed by atoms with E-state index < -0.39 is 35.3 Å². The van der Waals surface area contributed by atoms with Crippen LogP contribution in [0.1, 0.15) is 107 Å². The third kappa shape index (κ3) is 14.2. The minimum Gasteiger partial charge on any atom is -0.458 e. The van der Waals surface area contributed by atoms with Gasteiger partial charge < -0.3 is 20.1 Å². The average Bonchev–Trinajstić information content (AvgIpc) is 2.57. The fourth-order valence-corrected chi connectivity index (χ4v) is 2.81. The summed E-state index contributed by atoms with van der Waals surface area (Å²) in [6, 6.07) is -1.50. The predicted octanol–water partition coefficient (Wildman–Crippen LogP) is 4.87. The van der Waals surface area contributed by atoms with Crippen molar-refractivity contribution < 1.29 is 23.9 Å². The van der Waals surface area contributed by atoms with Crippen LogP contribution in [0.4, 0.5) is 4.79 Å². The smallest absolute Gasteiger partial charge is 0.408 e. The molecule has 0 heterocycles. The second kappa shape index (κ2) is 13.5. The number of amides is 2. The van der Waals surface area contributed by atoms with E-state index in [1.54, 1.807) is 41.5 Å². The van der Waals surface area contributed by atoms with E-state index in [1.807, 2.05) is 0 Å². The van der Waals surface area contributed by atoms with E-state index in [-0.39, 0.29) is 5.91 Å². The standard InChI is InChI=1S/C23H44N2O5/c1-9-11-13-15-17(25-21(28)30-23(6,7)8)19(26)24-18(16-14-12-10-2)20(27)29-22(3,4)5/h17-18H,9-16H2,1-8H3,(H,24,26)(H,25,28). The summed E-state index contributed by atoms with van der Waals surface area (Å²) in [6.45, 7) is 14.9. The first-order valence-electron chi connectivity index (χ1n) is 11.3. The zero-order valence-corrected chi connectivity index (χ0v) is 20.4. The predicted molar refractivity (Wildman–Crippen MR) is 119 cm³/mol. The molecule has 0 aromatic heterocycles. The highest BCUT2D eigenvalue weighted by Gasteiger charge is 2.30. The summed E-state index contributed by atoms with van der Waals surface area (Å²) < 4.78 is 10.8. The van der Waals surface area contributed by atoms with Gasteiger partial charge in [-0.2, -0.15) is 0 Å². The number of hydrogen-bond donors (Lipinski definition) is 2. The van der Waals surface area contributed by atoms with Gasteiger partial charge in [0.2, 0.25) is 5.91 Å². The third-order valence-corrected chi connectivity index (χ3v) is 4.21. The van der Waals surface area contributed by atoms with Gasteiger partial charge in [0.15, 0.2) is 0 Å². The van der Waals surface area contributed by atoms with Gasteiger partial charge in [-0.3, -0.25) is 4.79 Å². The van der Waals surface area contributed by atoms with Gasteiger partial charge in [-0.1, -0.05) is 52.4 Å². The Morgan fingerprint density at radius 2 is 1.17 bits per heavy atom. The van der Waals surface area contributed by atoms with Crippen molar-refractivity contribution in [2.75, 3.05) is 0 Å². The third-order valence-electron chi connectivity index (χ3n) is 4.21. The minimum atomic E-state index is -0.762. The molecule has 176 valence electrons. The van der Waals surface area contributed by atoms with E-state index in [2.05, 4.69) is 24.5 Å². The number of carbonyl (C=O) groups is 3. The van der Waals surface area contributed by atoms with Crippen molar-refractivity contribution in [3.05, 3.63) is 0 Å². The molecular formula is C23H44N2O5. The quantitative estimate of drug-likeness (QED) is 0.342. The van der Waals surface area contributed by atoms with Crippen molar-refractivity contribution in [2.24, 2.45) is 0 Å². The van der Waals surface area contributed by atoms with Gasteiger partial charge in [0.05, 0.1) is 0 Å². The van der Waals surface area contributed by atoms with Crippen LogP contribution < -0.4 is 10.6 Å². The molecule has 0 aliphatic rings. The van der Waals surface area contributed by atoms with Crippen molar-refractivity contribution in [1.82, 2.24) is 10.6 Å². The molecule has 0 fully saturated rings. The topological polar surface area (TPSA) is 93.7 Å². The van der Waals surface area contributed by atoms with Crippen LogP contribution in [0.15, 0.2) is 0 Å². The van der Waals surface area contributed by atoms with Gasteiger partial charge in [-0.15, -0.1) is 0 Å². The lowest BCUT2D eigenvalue weighted by molar-refractivity contribution is -0.159. The van der Waals surface area contributed by atoms with E-state index in [9.17, 15) is 14.4 Å². The summed E-state index contributed by atoms with van der Waals surface area (Å²) in [4.78, 5) is 37.8. The highest BCUT2D eigenvalue weighted by atomic mass is 16.6. The van der Waals surface area contributed by atoms with E-state index in [0.717, 1.165) is 38.5 Å². The van der Waals surface area contributed by atoms with Crippen molar-refractivity contribution in [3.8, 4) is 0 Å². The van der Waals surface area contributed by atoms with Gasteiger partial charge in [-0.05, 0) is 54.4 Å². The van der Waals surface area contributed by atoms with Crippen LogP contribution in [0, 0.1) is 0 Å². The molecule has 2 atom stereocenters. The lowest BCUT2D eigenvalue weighted by Gasteiger charge is -2.27. The second-order valence-electron chi connectivity index (χ2n) is 9.79. The fourth-order valence-electron chi connectivity index (χ4n) is 2.81. The Morgan fingerprint density at radius 3 is 1.60 bits per heavy atom. The molecule has 0 radical (unpaired) electrons. The van der Waals surface area contributed by atoms with Gasteiger partial charge in [0.25, 0.3) is 0 Å². The molecule has 30 heavy (non-hydrogen) atoms. The number of carbonyl (C=O) groups excluding carboxylic acids is 3. The first kappa shape index (κ1) is 28.2. The maximum Gasteiger partial charge on any atom is 0.408 e. The Morgan fingerprint density at radius 1 is 0.700 bits per heavy atom. The number of alkyl carbamates (subject to hydrolysis) is 1. The van der Waals surface area contributed by atoms with Gasteiger partial charge in [0, 0.05) is 0 Å². The number of unbranched alkanes of at least 4 members (excludes halogenated alkanes) is 4. The van der Waals surface area contributed by atoms with E-state index >= 15 is 0 Å². The summed E-state index contributed by atoms with van der Waals surface area (Å²) in [6.07, 6.45) is 5.86. The van der Waals surface area contributed by atoms with Crippen LogP contribution >= 0.6 is 0 Å². The molecule has 0 saturated heterocycles. The number of ether oxygens (including phenoxy) is 2. The molecule has 2 unspecified atom stereocenters. The number of rotatable bonds is 12. The molecule has 0 saturated carbocycles. The van der Waals surface area contributed by atoms with Gasteiger partial charge in [-0.25, -0.2) is 9.59 Å². The fraction of sp³-hybridized carbons (Fsp3) is 0.870. The van der Waals surface area contributed by atoms with Gasteiger partial charge >= 0.3 is 12.1 Å². The normalized spacial score (nSPS) is 13.9. The first-order chi connectivity index (χ1) is 13.8. The maximum atomic E-state index is 13.0. The summed E-state index contributed by atoms with van der Waals surface area (Å²) in [7, 11) is 0. The van der Waals surface area contributed by atoms with Crippen LogP contribution in [0.2, 0.25) is 0 Å². The van der Waals surface area contributed by atoms with Crippen molar-refractivity contribution in [2.45, 2.75) is 130 Å².